The molecule has 0 fully saturated rings. The summed E-state index contributed by atoms with van der Waals surface area (Å²) in [5.74, 6) is 0.127. The first kappa shape index (κ1) is 15.8. The lowest BCUT2D eigenvalue weighted by atomic mass is 10.1. The Morgan fingerprint density at radius 2 is 2.00 bits per heavy atom. The second-order valence-corrected chi connectivity index (χ2v) is 5.64. The number of halogens is 1. The van der Waals surface area contributed by atoms with Crippen LogP contribution in [0.15, 0.2) is 27.8 Å². The van der Waals surface area contributed by atoms with Gasteiger partial charge in [0, 0.05) is 29.3 Å². The summed E-state index contributed by atoms with van der Waals surface area (Å²) in [6.45, 7) is 1.93. The third-order valence-corrected chi connectivity index (χ3v) is 3.35. The average molecular weight is 329 g/mol. The van der Waals surface area contributed by atoms with Crippen molar-refractivity contribution in [2.45, 2.75) is 6.42 Å². The van der Waals surface area contributed by atoms with Gasteiger partial charge in [0.2, 0.25) is 0 Å². The minimum atomic E-state index is 0.127. The molecule has 1 aromatic rings. The van der Waals surface area contributed by atoms with Crippen molar-refractivity contribution in [3.05, 3.63) is 28.2 Å². The lowest BCUT2D eigenvalue weighted by Gasteiger charge is -2.23. The smallest absolute Gasteiger partial charge is 0.172 e. The molecule has 0 aliphatic carbocycles. The number of nitrogens with two attached hydrogens (primary N) is 1. The molecule has 0 atom stereocenters. The van der Waals surface area contributed by atoms with Crippen LogP contribution >= 0.6 is 15.9 Å². The minimum absolute atomic E-state index is 0.127. The Hall–Kier alpha value is -1.27. The zero-order valence-electron chi connectivity index (χ0n) is 11.6. The molecule has 0 bridgehead atoms. The minimum Gasteiger partial charge on any atom is -0.409 e. The Kier molecular flexibility index (Phi) is 6.11. The fourth-order valence-electron chi connectivity index (χ4n) is 1.84. The second-order valence-electron chi connectivity index (χ2n) is 4.73. The van der Waals surface area contributed by atoms with Gasteiger partial charge in [0.05, 0.1) is 0 Å². The van der Waals surface area contributed by atoms with Crippen molar-refractivity contribution in [1.29, 1.82) is 0 Å². The van der Waals surface area contributed by atoms with Crippen molar-refractivity contribution in [1.82, 2.24) is 4.90 Å². The maximum absolute atomic E-state index is 8.84. The molecule has 1 aromatic carbocycles. The maximum Gasteiger partial charge on any atom is 0.172 e. The van der Waals surface area contributed by atoms with Gasteiger partial charge in [0.1, 0.15) is 0 Å². The van der Waals surface area contributed by atoms with Gasteiger partial charge in [-0.3, -0.25) is 0 Å². The fraction of sp³-hybridized carbons (Fsp3) is 0.462. The molecule has 0 spiro atoms. The van der Waals surface area contributed by atoms with Crippen LogP contribution in [0.2, 0.25) is 0 Å². The molecule has 5 nitrogen and oxygen atoms in total. The van der Waals surface area contributed by atoms with Gasteiger partial charge in [-0.25, -0.2) is 0 Å². The van der Waals surface area contributed by atoms with Crippen LogP contribution in [-0.2, 0) is 0 Å². The van der Waals surface area contributed by atoms with E-state index in [1.54, 1.807) is 0 Å². The summed E-state index contributed by atoms with van der Waals surface area (Å²) < 4.78 is 0.969. The highest BCUT2D eigenvalue weighted by Gasteiger charge is 2.11. The summed E-state index contributed by atoms with van der Waals surface area (Å²) in [4.78, 5) is 4.26. The lowest BCUT2D eigenvalue weighted by Crippen LogP contribution is -2.26. The van der Waals surface area contributed by atoms with Crippen molar-refractivity contribution in [2.24, 2.45) is 10.9 Å². The highest BCUT2D eigenvalue weighted by atomic mass is 79.9. The van der Waals surface area contributed by atoms with E-state index in [0.717, 1.165) is 35.2 Å². The predicted molar refractivity (Wildman–Crippen MR) is 83.1 cm³/mol. The molecule has 0 saturated heterocycles. The highest BCUT2D eigenvalue weighted by Crippen LogP contribution is 2.24. The van der Waals surface area contributed by atoms with E-state index in [0.29, 0.717) is 0 Å². The molecule has 106 valence electrons. The van der Waals surface area contributed by atoms with Crippen LogP contribution < -0.4 is 10.6 Å². The first-order valence-electron chi connectivity index (χ1n) is 6.09. The molecular formula is C13H21BrN4O. The number of hydrogen-bond acceptors (Lipinski definition) is 4. The molecule has 0 saturated carbocycles. The molecule has 0 radical (unpaired) electrons. The van der Waals surface area contributed by atoms with Crippen LogP contribution in [0, 0.1) is 0 Å². The molecule has 0 heterocycles. The molecule has 19 heavy (non-hydrogen) atoms. The van der Waals surface area contributed by atoms with Gasteiger partial charge in [-0.15, -0.1) is 0 Å². The number of benzene rings is 1. The molecule has 0 unspecified atom stereocenters. The van der Waals surface area contributed by atoms with Crippen molar-refractivity contribution in [3.8, 4) is 0 Å². The summed E-state index contributed by atoms with van der Waals surface area (Å²) in [6, 6.07) is 5.70. The number of nitrogens with zero attached hydrogens (tertiary/aromatic N) is 3. The van der Waals surface area contributed by atoms with Crippen LogP contribution in [0.5, 0.6) is 0 Å². The van der Waals surface area contributed by atoms with Gasteiger partial charge in [0.25, 0.3) is 0 Å². The van der Waals surface area contributed by atoms with Gasteiger partial charge in [-0.2, -0.15) is 0 Å². The zero-order valence-corrected chi connectivity index (χ0v) is 13.2. The van der Waals surface area contributed by atoms with Crippen molar-refractivity contribution >= 4 is 27.5 Å². The van der Waals surface area contributed by atoms with Crippen LogP contribution in [0.4, 0.5) is 5.69 Å². The predicted octanol–water partition coefficient (Wildman–Crippen LogP) is 1.93. The van der Waals surface area contributed by atoms with E-state index in [4.69, 9.17) is 10.9 Å². The van der Waals surface area contributed by atoms with Crippen molar-refractivity contribution in [2.75, 3.05) is 39.1 Å². The van der Waals surface area contributed by atoms with E-state index >= 15 is 0 Å². The fourth-order valence-corrected chi connectivity index (χ4v) is 2.18. The normalized spacial score (nSPS) is 11.9. The molecule has 3 N–H and O–H groups in total. The Morgan fingerprint density at radius 1 is 1.32 bits per heavy atom. The number of hydrogen-bond donors (Lipinski definition) is 2. The SMILES string of the molecule is CN(C)CCCN(C)c1cc(Br)ccc1/C(N)=N/O. The summed E-state index contributed by atoms with van der Waals surface area (Å²) in [7, 11) is 6.12. The molecule has 0 aliphatic heterocycles. The third-order valence-electron chi connectivity index (χ3n) is 2.85. The Morgan fingerprint density at radius 3 is 2.58 bits per heavy atom. The van der Waals surface area contributed by atoms with E-state index in [-0.39, 0.29) is 5.84 Å². The first-order valence-corrected chi connectivity index (χ1v) is 6.88. The van der Waals surface area contributed by atoms with E-state index in [1.165, 1.54) is 0 Å². The number of oxime groups is 1. The Labute approximate surface area is 122 Å². The molecule has 0 amide bonds. The Balaban J connectivity index is 2.88. The number of amidine groups is 1. The lowest BCUT2D eigenvalue weighted by molar-refractivity contribution is 0.318. The number of anilines is 1. The molecule has 0 aromatic heterocycles. The van der Waals surface area contributed by atoms with Crippen molar-refractivity contribution in [3.63, 3.8) is 0 Å². The second kappa shape index (κ2) is 7.35. The summed E-state index contributed by atoms with van der Waals surface area (Å²) >= 11 is 3.45. The molecule has 0 aliphatic rings. The summed E-state index contributed by atoms with van der Waals surface area (Å²) in [5, 5.41) is 11.9. The van der Waals surface area contributed by atoms with Gasteiger partial charge in [0.15, 0.2) is 5.84 Å². The third kappa shape index (κ3) is 4.72. The molecule has 1 rings (SSSR count). The topological polar surface area (TPSA) is 65.1 Å². The van der Waals surface area contributed by atoms with Gasteiger partial charge in [-0.05, 0) is 45.3 Å². The van der Waals surface area contributed by atoms with E-state index in [2.05, 4.69) is 45.0 Å². The molecule has 6 heteroatoms. The largest absolute Gasteiger partial charge is 0.409 e. The van der Waals surface area contributed by atoms with Crippen LogP contribution in [0.1, 0.15) is 12.0 Å². The summed E-state index contributed by atoms with van der Waals surface area (Å²) in [6.07, 6.45) is 1.05. The van der Waals surface area contributed by atoms with E-state index in [9.17, 15) is 0 Å². The van der Waals surface area contributed by atoms with Crippen molar-refractivity contribution < 1.29 is 5.21 Å². The average Bonchev–Trinajstić information content (AvgIpc) is 2.37. The highest BCUT2D eigenvalue weighted by molar-refractivity contribution is 9.10. The van der Waals surface area contributed by atoms with Gasteiger partial charge in [-0.1, -0.05) is 21.1 Å². The monoisotopic (exact) mass is 328 g/mol. The first-order chi connectivity index (χ1) is 8.95. The van der Waals surface area contributed by atoms with E-state index < -0.39 is 0 Å². The molecular weight excluding hydrogens is 308 g/mol. The van der Waals surface area contributed by atoms with Crippen LogP contribution in [0.3, 0.4) is 0 Å². The number of rotatable bonds is 6. The summed E-state index contributed by atoms with van der Waals surface area (Å²) in [5.41, 5.74) is 7.39. The van der Waals surface area contributed by atoms with Crippen LogP contribution in [0.25, 0.3) is 0 Å². The van der Waals surface area contributed by atoms with Gasteiger partial charge < -0.3 is 20.7 Å². The quantitative estimate of drug-likeness (QED) is 0.362. The zero-order chi connectivity index (χ0) is 14.4. The van der Waals surface area contributed by atoms with Crippen LogP contribution in [-0.4, -0.2) is 50.2 Å². The van der Waals surface area contributed by atoms with Gasteiger partial charge >= 0.3 is 0 Å². The standard InChI is InChI=1S/C13H21BrN4O/c1-17(2)7-4-8-18(3)12-9-10(14)5-6-11(12)13(15)16-19/h5-6,9,19H,4,7-8H2,1-3H3,(H2,15,16). The van der Waals surface area contributed by atoms with E-state index in [1.807, 2.05) is 25.2 Å². The maximum atomic E-state index is 8.84. The Bertz CT molecular complexity index is 448.